The fourth-order valence-electron chi connectivity index (χ4n) is 1.98. The molecule has 1 fully saturated rings. The molecule has 18 heavy (non-hydrogen) atoms. The molecule has 1 N–H and O–H groups in total. The molecule has 1 aliphatic rings. The van der Waals surface area contributed by atoms with E-state index in [1.165, 1.54) is 12.0 Å². The number of halogens is 1. The zero-order valence-electron chi connectivity index (χ0n) is 9.72. The van der Waals surface area contributed by atoms with Gasteiger partial charge in [-0.2, -0.15) is 0 Å². The summed E-state index contributed by atoms with van der Waals surface area (Å²) < 4.78 is 6.05. The Labute approximate surface area is 112 Å². The predicted molar refractivity (Wildman–Crippen MR) is 68.8 cm³/mol. The number of hydrogen-bond acceptors (Lipinski definition) is 3. The molecule has 0 aliphatic carbocycles. The van der Waals surface area contributed by atoms with Gasteiger partial charge < -0.3 is 14.7 Å². The molecule has 1 heterocycles. The first kappa shape index (κ1) is 12.9. The third-order valence-electron chi connectivity index (χ3n) is 2.91. The second-order valence-electron chi connectivity index (χ2n) is 4.06. The molecule has 0 radical (unpaired) electrons. The van der Waals surface area contributed by atoms with Crippen molar-refractivity contribution in [3.8, 4) is 5.75 Å². The van der Waals surface area contributed by atoms with E-state index in [2.05, 4.69) is 15.9 Å². The number of carbonyl (C=O) groups excluding carboxylic acids is 1. The molecule has 5 nitrogen and oxygen atoms in total. The van der Waals surface area contributed by atoms with Gasteiger partial charge in [-0.3, -0.25) is 9.59 Å². The van der Waals surface area contributed by atoms with Crippen LogP contribution in [0.3, 0.4) is 0 Å². The summed E-state index contributed by atoms with van der Waals surface area (Å²) in [5, 5.41) is 8.95. The van der Waals surface area contributed by atoms with E-state index in [4.69, 9.17) is 9.84 Å². The summed E-state index contributed by atoms with van der Waals surface area (Å²) in [5.74, 6) is -1.24. The van der Waals surface area contributed by atoms with Crippen LogP contribution in [-0.4, -0.2) is 30.6 Å². The quantitative estimate of drug-likeness (QED) is 0.925. The number of carboxylic acid groups (broad SMARTS) is 1. The van der Waals surface area contributed by atoms with Gasteiger partial charge >= 0.3 is 5.97 Å². The molecular formula is C12H12BrNO4. The minimum atomic E-state index is -0.943. The van der Waals surface area contributed by atoms with Crippen LogP contribution in [-0.2, 0) is 9.59 Å². The maximum Gasteiger partial charge on any atom is 0.308 e. The van der Waals surface area contributed by atoms with Gasteiger partial charge in [-0.25, -0.2) is 0 Å². The van der Waals surface area contributed by atoms with Crippen molar-refractivity contribution in [3.05, 3.63) is 22.7 Å². The molecular weight excluding hydrogens is 302 g/mol. The van der Waals surface area contributed by atoms with Gasteiger partial charge in [0.25, 0.3) is 0 Å². The summed E-state index contributed by atoms with van der Waals surface area (Å²) in [6, 6.07) is 5.28. The lowest BCUT2D eigenvalue weighted by molar-refractivity contribution is -0.141. The van der Waals surface area contributed by atoms with Crippen molar-refractivity contribution in [1.82, 2.24) is 0 Å². The van der Waals surface area contributed by atoms with Gasteiger partial charge in [-0.05, 0) is 18.2 Å². The zero-order valence-corrected chi connectivity index (χ0v) is 11.3. The average Bonchev–Trinajstić information content (AvgIpc) is 2.71. The van der Waals surface area contributed by atoms with Crippen LogP contribution < -0.4 is 9.64 Å². The van der Waals surface area contributed by atoms with Crippen LogP contribution in [0.5, 0.6) is 5.75 Å². The van der Waals surface area contributed by atoms with Crippen molar-refractivity contribution >= 4 is 33.5 Å². The van der Waals surface area contributed by atoms with Gasteiger partial charge in [0.2, 0.25) is 5.91 Å². The molecule has 0 spiro atoms. The number of rotatable bonds is 3. The number of benzene rings is 1. The number of hydrogen-bond donors (Lipinski definition) is 1. The molecule has 0 saturated carbocycles. The highest BCUT2D eigenvalue weighted by Crippen LogP contribution is 2.35. The number of aliphatic carboxylic acids is 1. The Morgan fingerprint density at radius 1 is 1.56 bits per heavy atom. The molecule has 0 unspecified atom stereocenters. The smallest absolute Gasteiger partial charge is 0.308 e. The SMILES string of the molecule is COc1cc(Br)ccc1N1C[C@H](C(=O)O)CC1=O. The topological polar surface area (TPSA) is 66.8 Å². The van der Waals surface area contributed by atoms with Gasteiger partial charge in [0.05, 0.1) is 18.7 Å². The number of amides is 1. The second kappa shape index (κ2) is 4.97. The number of carbonyl (C=O) groups is 2. The Morgan fingerprint density at radius 2 is 2.28 bits per heavy atom. The summed E-state index contributed by atoms with van der Waals surface area (Å²) in [6.45, 7) is 0.187. The van der Waals surface area contributed by atoms with E-state index in [0.29, 0.717) is 11.4 Å². The van der Waals surface area contributed by atoms with Gasteiger partial charge in [0, 0.05) is 17.4 Å². The normalized spacial score (nSPS) is 19.1. The summed E-state index contributed by atoms with van der Waals surface area (Å²) in [5.41, 5.74) is 0.606. The first-order valence-corrected chi connectivity index (χ1v) is 6.19. The molecule has 0 bridgehead atoms. The van der Waals surface area contributed by atoms with Crippen molar-refractivity contribution in [2.24, 2.45) is 5.92 Å². The van der Waals surface area contributed by atoms with Gasteiger partial charge in [-0.15, -0.1) is 0 Å². The van der Waals surface area contributed by atoms with Crippen LogP contribution >= 0.6 is 15.9 Å². The van der Waals surface area contributed by atoms with E-state index < -0.39 is 11.9 Å². The predicted octanol–water partition coefficient (Wildman–Crippen LogP) is 1.90. The van der Waals surface area contributed by atoms with E-state index >= 15 is 0 Å². The van der Waals surface area contributed by atoms with Gasteiger partial charge in [0.1, 0.15) is 5.75 Å². The first-order valence-electron chi connectivity index (χ1n) is 5.39. The highest BCUT2D eigenvalue weighted by molar-refractivity contribution is 9.10. The Balaban J connectivity index is 2.32. The van der Waals surface area contributed by atoms with Crippen LogP contribution in [0, 0.1) is 5.92 Å². The maximum atomic E-state index is 11.8. The summed E-state index contributed by atoms with van der Waals surface area (Å²) in [7, 11) is 1.51. The summed E-state index contributed by atoms with van der Waals surface area (Å²) in [6.07, 6.45) is 0.0363. The highest BCUT2D eigenvalue weighted by Gasteiger charge is 2.36. The fourth-order valence-corrected chi connectivity index (χ4v) is 2.32. The van der Waals surface area contributed by atoms with Crippen molar-refractivity contribution in [3.63, 3.8) is 0 Å². The Morgan fingerprint density at radius 3 is 2.83 bits per heavy atom. The second-order valence-corrected chi connectivity index (χ2v) is 4.98. The minimum absolute atomic E-state index is 0.0363. The third-order valence-corrected chi connectivity index (χ3v) is 3.40. The Kier molecular flexibility index (Phi) is 3.56. The van der Waals surface area contributed by atoms with E-state index in [1.54, 1.807) is 18.2 Å². The molecule has 1 aromatic carbocycles. The molecule has 1 saturated heterocycles. The minimum Gasteiger partial charge on any atom is -0.495 e. The molecule has 1 aromatic rings. The summed E-state index contributed by atoms with van der Waals surface area (Å²) in [4.78, 5) is 24.2. The summed E-state index contributed by atoms with van der Waals surface area (Å²) >= 11 is 3.32. The van der Waals surface area contributed by atoms with Crippen molar-refractivity contribution in [1.29, 1.82) is 0 Å². The van der Waals surface area contributed by atoms with Crippen LogP contribution in [0.15, 0.2) is 22.7 Å². The standard InChI is InChI=1S/C12H12BrNO4/c1-18-10-5-8(13)2-3-9(10)14-6-7(12(16)17)4-11(14)15/h2-3,5,7H,4,6H2,1H3,(H,16,17)/t7-/m1/s1. The van der Waals surface area contributed by atoms with Crippen LogP contribution in [0.4, 0.5) is 5.69 Å². The fraction of sp³-hybridized carbons (Fsp3) is 0.333. The third kappa shape index (κ3) is 2.33. The van der Waals surface area contributed by atoms with Crippen LogP contribution in [0.1, 0.15) is 6.42 Å². The molecule has 0 aromatic heterocycles. The van der Waals surface area contributed by atoms with Crippen LogP contribution in [0.2, 0.25) is 0 Å². The lowest BCUT2D eigenvalue weighted by Gasteiger charge is -2.19. The van der Waals surface area contributed by atoms with E-state index in [9.17, 15) is 9.59 Å². The highest BCUT2D eigenvalue weighted by atomic mass is 79.9. The maximum absolute atomic E-state index is 11.8. The lowest BCUT2D eigenvalue weighted by Crippen LogP contribution is -2.26. The van der Waals surface area contributed by atoms with E-state index in [0.717, 1.165) is 4.47 Å². The first-order chi connectivity index (χ1) is 8.52. The molecule has 1 amide bonds. The average molecular weight is 314 g/mol. The number of anilines is 1. The van der Waals surface area contributed by atoms with Gasteiger partial charge in [0.15, 0.2) is 0 Å². The van der Waals surface area contributed by atoms with E-state index in [-0.39, 0.29) is 18.9 Å². The number of nitrogens with zero attached hydrogens (tertiary/aromatic N) is 1. The van der Waals surface area contributed by atoms with Crippen LogP contribution in [0.25, 0.3) is 0 Å². The molecule has 96 valence electrons. The number of ether oxygens (including phenoxy) is 1. The zero-order chi connectivity index (χ0) is 13.3. The lowest BCUT2D eigenvalue weighted by atomic mass is 10.1. The largest absolute Gasteiger partial charge is 0.495 e. The van der Waals surface area contributed by atoms with Gasteiger partial charge in [-0.1, -0.05) is 15.9 Å². The number of methoxy groups -OCH3 is 1. The van der Waals surface area contributed by atoms with E-state index in [1.807, 2.05) is 0 Å². The molecule has 6 heteroatoms. The molecule has 1 atom stereocenters. The van der Waals surface area contributed by atoms with Crippen molar-refractivity contribution < 1.29 is 19.4 Å². The Hall–Kier alpha value is -1.56. The Bertz CT molecular complexity index is 503. The monoisotopic (exact) mass is 313 g/mol. The number of carboxylic acids is 1. The van der Waals surface area contributed by atoms with Crippen molar-refractivity contribution in [2.75, 3.05) is 18.6 Å². The van der Waals surface area contributed by atoms with Crippen molar-refractivity contribution in [2.45, 2.75) is 6.42 Å². The molecule has 1 aliphatic heterocycles. The molecule has 2 rings (SSSR count).